The molecule has 1 saturated carbocycles. The topological polar surface area (TPSA) is 45.9 Å². The maximum Gasteiger partial charge on any atom is 0.226 e. The third-order valence-electron chi connectivity index (χ3n) is 5.58. The molecule has 2 saturated heterocycles. The molecule has 23 heavy (non-hydrogen) atoms. The number of carbonyl (C=O) groups is 1. The molecule has 0 aromatic carbocycles. The van der Waals surface area contributed by atoms with Crippen LogP contribution in [0.15, 0.2) is 22.8 Å². The minimum atomic E-state index is 0.154. The zero-order valence-corrected chi connectivity index (χ0v) is 13.8. The van der Waals surface area contributed by atoms with Crippen LogP contribution in [0.2, 0.25) is 0 Å². The number of hydrogen-bond acceptors (Lipinski definition) is 4. The first-order valence-corrected chi connectivity index (χ1v) is 8.90. The average molecular weight is 318 g/mol. The summed E-state index contributed by atoms with van der Waals surface area (Å²) in [6, 6.07) is 4.51. The van der Waals surface area contributed by atoms with Gasteiger partial charge in [0.1, 0.15) is 5.76 Å². The summed E-state index contributed by atoms with van der Waals surface area (Å²) in [6.07, 6.45) is 5.17. The van der Waals surface area contributed by atoms with E-state index >= 15 is 0 Å². The van der Waals surface area contributed by atoms with Crippen molar-refractivity contribution in [3.8, 4) is 0 Å². The highest BCUT2D eigenvalue weighted by Gasteiger charge is 2.48. The third kappa shape index (κ3) is 3.17. The van der Waals surface area contributed by atoms with Crippen molar-refractivity contribution in [3.63, 3.8) is 0 Å². The lowest BCUT2D eigenvalue weighted by Crippen LogP contribution is -2.52. The lowest BCUT2D eigenvalue weighted by molar-refractivity contribution is -0.134. The zero-order valence-electron chi connectivity index (χ0n) is 13.8. The van der Waals surface area contributed by atoms with Crippen molar-refractivity contribution in [2.75, 3.05) is 32.8 Å². The maximum atomic E-state index is 12.7. The van der Waals surface area contributed by atoms with Gasteiger partial charge in [-0.25, -0.2) is 0 Å². The first-order valence-electron chi connectivity index (χ1n) is 8.90. The molecule has 126 valence electrons. The molecule has 1 aromatic heterocycles. The van der Waals surface area contributed by atoms with Crippen LogP contribution in [0.4, 0.5) is 0 Å². The number of ether oxygens (including phenoxy) is 1. The van der Waals surface area contributed by atoms with E-state index in [1.807, 2.05) is 12.1 Å². The molecular formula is C18H26N2O3. The molecule has 3 aliphatic rings. The van der Waals surface area contributed by atoms with Gasteiger partial charge in [-0.05, 0) is 38.3 Å². The largest absolute Gasteiger partial charge is 0.469 e. The number of morpholine rings is 1. The van der Waals surface area contributed by atoms with Gasteiger partial charge in [-0.15, -0.1) is 0 Å². The third-order valence-corrected chi connectivity index (χ3v) is 5.58. The number of piperidine rings is 1. The molecule has 0 N–H and O–H groups in total. The van der Waals surface area contributed by atoms with Gasteiger partial charge in [0, 0.05) is 44.1 Å². The van der Waals surface area contributed by atoms with Crippen LogP contribution >= 0.6 is 0 Å². The number of amides is 1. The standard InChI is InChI=1S/C18H26N2O3/c1-13-12-20(8-10-22-13)14-4-6-19(7-5-14)18(21)16-11-15(16)17-3-2-9-23-17/h2-3,9,13-16H,4-8,10-12H2,1H3/t13-,15+,16-/m1/s1. The van der Waals surface area contributed by atoms with Gasteiger partial charge < -0.3 is 14.1 Å². The summed E-state index contributed by atoms with van der Waals surface area (Å²) in [4.78, 5) is 17.3. The summed E-state index contributed by atoms with van der Waals surface area (Å²) in [5.74, 6) is 1.78. The Morgan fingerprint density at radius 1 is 1.26 bits per heavy atom. The van der Waals surface area contributed by atoms with Crippen LogP contribution in [-0.4, -0.2) is 60.6 Å². The van der Waals surface area contributed by atoms with Gasteiger partial charge in [-0.3, -0.25) is 9.69 Å². The van der Waals surface area contributed by atoms with E-state index in [-0.39, 0.29) is 5.92 Å². The molecule has 1 amide bonds. The molecule has 3 fully saturated rings. The smallest absolute Gasteiger partial charge is 0.226 e. The van der Waals surface area contributed by atoms with E-state index in [2.05, 4.69) is 16.7 Å². The van der Waals surface area contributed by atoms with Crippen LogP contribution in [0.25, 0.3) is 0 Å². The Hall–Kier alpha value is -1.33. The van der Waals surface area contributed by atoms with E-state index in [4.69, 9.17) is 9.15 Å². The molecule has 1 aliphatic carbocycles. The monoisotopic (exact) mass is 318 g/mol. The van der Waals surface area contributed by atoms with Crippen molar-refractivity contribution < 1.29 is 13.9 Å². The first kappa shape index (κ1) is 15.2. The summed E-state index contributed by atoms with van der Waals surface area (Å²) >= 11 is 0. The fourth-order valence-electron chi connectivity index (χ4n) is 4.15. The molecule has 0 spiro atoms. The van der Waals surface area contributed by atoms with E-state index < -0.39 is 0 Å². The van der Waals surface area contributed by atoms with E-state index in [1.54, 1.807) is 6.26 Å². The average Bonchev–Trinajstić information content (AvgIpc) is 3.19. The number of nitrogens with zero attached hydrogens (tertiary/aromatic N) is 2. The Kier molecular flexibility index (Phi) is 4.16. The Morgan fingerprint density at radius 2 is 2.09 bits per heavy atom. The molecule has 1 aromatic rings. The van der Waals surface area contributed by atoms with Gasteiger partial charge >= 0.3 is 0 Å². The number of likely N-dealkylation sites (tertiary alicyclic amines) is 1. The van der Waals surface area contributed by atoms with Gasteiger partial charge in [0.2, 0.25) is 5.91 Å². The number of furan rings is 1. The van der Waals surface area contributed by atoms with E-state index in [0.29, 0.717) is 24.0 Å². The second kappa shape index (κ2) is 6.29. The van der Waals surface area contributed by atoms with Crippen LogP contribution in [0.3, 0.4) is 0 Å². The Labute approximate surface area is 137 Å². The van der Waals surface area contributed by atoms with Gasteiger partial charge in [0.05, 0.1) is 19.0 Å². The van der Waals surface area contributed by atoms with E-state index in [0.717, 1.165) is 57.8 Å². The van der Waals surface area contributed by atoms with Crippen LogP contribution in [0, 0.1) is 5.92 Å². The molecule has 3 atom stereocenters. The molecule has 4 rings (SSSR count). The van der Waals surface area contributed by atoms with Crippen molar-refractivity contribution >= 4 is 5.91 Å². The summed E-state index contributed by atoms with van der Waals surface area (Å²) in [6.45, 7) is 6.85. The fourth-order valence-corrected chi connectivity index (χ4v) is 4.15. The Morgan fingerprint density at radius 3 is 2.78 bits per heavy atom. The van der Waals surface area contributed by atoms with Crippen molar-refractivity contribution in [1.82, 2.24) is 9.80 Å². The molecule has 0 bridgehead atoms. The van der Waals surface area contributed by atoms with Crippen molar-refractivity contribution in [3.05, 3.63) is 24.2 Å². The van der Waals surface area contributed by atoms with Crippen LogP contribution in [0.5, 0.6) is 0 Å². The molecule has 0 radical (unpaired) electrons. The molecule has 0 unspecified atom stereocenters. The molecular weight excluding hydrogens is 292 g/mol. The number of hydrogen-bond donors (Lipinski definition) is 0. The number of rotatable bonds is 3. The second-order valence-corrected chi connectivity index (χ2v) is 7.20. The van der Waals surface area contributed by atoms with Crippen LogP contribution < -0.4 is 0 Å². The Balaban J connectivity index is 1.27. The molecule has 3 heterocycles. The zero-order chi connectivity index (χ0) is 15.8. The van der Waals surface area contributed by atoms with Gasteiger partial charge in [0.25, 0.3) is 0 Å². The molecule has 5 nitrogen and oxygen atoms in total. The number of carbonyl (C=O) groups excluding carboxylic acids is 1. The second-order valence-electron chi connectivity index (χ2n) is 7.20. The highest BCUT2D eigenvalue weighted by molar-refractivity contribution is 5.83. The van der Waals surface area contributed by atoms with E-state index in [1.165, 1.54) is 0 Å². The summed E-state index contributed by atoms with van der Waals surface area (Å²) in [7, 11) is 0. The summed E-state index contributed by atoms with van der Waals surface area (Å²) in [5.41, 5.74) is 0. The summed E-state index contributed by atoms with van der Waals surface area (Å²) in [5, 5.41) is 0. The summed E-state index contributed by atoms with van der Waals surface area (Å²) < 4.78 is 11.1. The van der Waals surface area contributed by atoms with Crippen LogP contribution in [0.1, 0.15) is 37.9 Å². The lowest BCUT2D eigenvalue weighted by atomic mass is 10.0. The fraction of sp³-hybridized carbons (Fsp3) is 0.722. The maximum absolute atomic E-state index is 12.7. The predicted molar refractivity (Wildman–Crippen MR) is 86.1 cm³/mol. The lowest BCUT2D eigenvalue weighted by Gasteiger charge is -2.41. The molecule has 5 heteroatoms. The predicted octanol–water partition coefficient (Wildman–Crippen LogP) is 2.09. The van der Waals surface area contributed by atoms with E-state index in [9.17, 15) is 4.79 Å². The minimum Gasteiger partial charge on any atom is -0.469 e. The normalized spacial score (nSPS) is 32.9. The SMILES string of the molecule is C[C@@H]1CN(C2CCN(C(=O)[C@@H]3C[C@@H]3c3ccco3)CC2)CCO1. The van der Waals surface area contributed by atoms with Crippen molar-refractivity contribution in [2.24, 2.45) is 5.92 Å². The van der Waals surface area contributed by atoms with Crippen molar-refractivity contribution in [1.29, 1.82) is 0 Å². The first-order chi connectivity index (χ1) is 11.2. The van der Waals surface area contributed by atoms with Crippen molar-refractivity contribution in [2.45, 2.75) is 44.2 Å². The minimum absolute atomic E-state index is 0.154. The Bertz CT molecular complexity index is 536. The van der Waals surface area contributed by atoms with Gasteiger partial charge in [0.15, 0.2) is 0 Å². The highest BCUT2D eigenvalue weighted by atomic mass is 16.5. The van der Waals surface area contributed by atoms with Gasteiger partial charge in [-0.2, -0.15) is 0 Å². The highest BCUT2D eigenvalue weighted by Crippen LogP contribution is 2.48. The molecule has 2 aliphatic heterocycles. The van der Waals surface area contributed by atoms with Crippen LogP contribution in [-0.2, 0) is 9.53 Å². The quantitative estimate of drug-likeness (QED) is 0.856. The van der Waals surface area contributed by atoms with Gasteiger partial charge in [-0.1, -0.05) is 0 Å².